The molecule has 0 saturated carbocycles. The molecule has 0 radical (unpaired) electrons. The molecule has 0 heterocycles. The highest BCUT2D eigenvalue weighted by atomic mass is 16.5. The molecule has 23 heavy (non-hydrogen) atoms. The molecule has 0 aliphatic heterocycles. The van der Waals surface area contributed by atoms with Gasteiger partial charge in [-0.3, -0.25) is 0 Å². The molecule has 0 N–H and O–H groups in total. The molecule has 0 unspecified atom stereocenters. The normalized spacial score (nSPS) is 10.1. The molecule has 3 nitrogen and oxygen atoms in total. The first-order valence-corrected chi connectivity index (χ1v) is 7.73. The van der Waals surface area contributed by atoms with Crippen LogP contribution in [0.1, 0.15) is 27.9 Å². The molecule has 2 aromatic carbocycles. The molecule has 0 amide bonds. The minimum absolute atomic E-state index is 0.296. The Morgan fingerprint density at radius 1 is 1.00 bits per heavy atom. The zero-order valence-electron chi connectivity index (χ0n) is 13.5. The zero-order valence-corrected chi connectivity index (χ0v) is 13.5. The van der Waals surface area contributed by atoms with Crippen molar-refractivity contribution in [2.45, 2.75) is 19.3 Å². The van der Waals surface area contributed by atoms with E-state index in [1.807, 2.05) is 36.4 Å². The Bertz CT molecular complexity index is 627. The molecule has 0 aliphatic carbocycles. The fourth-order valence-corrected chi connectivity index (χ4v) is 2.33. The first kappa shape index (κ1) is 16.8. The number of benzene rings is 2. The average molecular weight is 310 g/mol. The third kappa shape index (κ3) is 5.29. The highest BCUT2D eigenvalue weighted by molar-refractivity contribution is 5.89. The largest absolute Gasteiger partial charge is 0.490 e. The number of esters is 1. The number of ether oxygens (including phenoxy) is 2. The Hall–Kier alpha value is -2.55. The SMILES string of the molecule is C=CCOc1ccc(CCCc2ccc(C(=O)OC)cc2)cc1. The smallest absolute Gasteiger partial charge is 0.337 e. The molecule has 3 heteroatoms. The van der Waals surface area contributed by atoms with Gasteiger partial charge in [-0.05, 0) is 54.7 Å². The molecule has 120 valence electrons. The highest BCUT2D eigenvalue weighted by Crippen LogP contribution is 2.15. The summed E-state index contributed by atoms with van der Waals surface area (Å²) in [6.07, 6.45) is 4.79. The van der Waals surface area contributed by atoms with E-state index in [1.165, 1.54) is 18.2 Å². The summed E-state index contributed by atoms with van der Waals surface area (Å²) in [5.41, 5.74) is 3.11. The van der Waals surface area contributed by atoms with E-state index < -0.39 is 0 Å². The van der Waals surface area contributed by atoms with Gasteiger partial charge in [0.25, 0.3) is 0 Å². The van der Waals surface area contributed by atoms with Crippen LogP contribution in [-0.4, -0.2) is 19.7 Å². The van der Waals surface area contributed by atoms with Crippen LogP contribution >= 0.6 is 0 Å². The number of hydrogen-bond donors (Lipinski definition) is 0. The van der Waals surface area contributed by atoms with Gasteiger partial charge in [0.15, 0.2) is 0 Å². The summed E-state index contributed by atoms with van der Waals surface area (Å²) < 4.78 is 10.2. The van der Waals surface area contributed by atoms with Gasteiger partial charge >= 0.3 is 5.97 Å². The molecule has 0 aromatic heterocycles. The third-order valence-corrected chi connectivity index (χ3v) is 3.60. The zero-order chi connectivity index (χ0) is 16.5. The van der Waals surface area contributed by atoms with Crippen molar-refractivity contribution in [3.05, 3.63) is 77.9 Å². The lowest BCUT2D eigenvalue weighted by atomic mass is 10.0. The minimum atomic E-state index is -0.296. The van der Waals surface area contributed by atoms with Crippen LogP contribution in [0, 0.1) is 0 Å². The van der Waals surface area contributed by atoms with Gasteiger partial charge in [-0.25, -0.2) is 4.79 Å². The monoisotopic (exact) mass is 310 g/mol. The average Bonchev–Trinajstić information content (AvgIpc) is 2.61. The number of hydrogen-bond acceptors (Lipinski definition) is 3. The van der Waals surface area contributed by atoms with Crippen molar-refractivity contribution in [2.75, 3.05) is 13.7 Å². The Kier molecular flexibility index (Phi) is 6.42. The topological polar surface area (TPSA) is 35.5 Å². The summed E-state index contributed by atoms with van der Waals surface area (Å²) in [6, 6.07) is 15.8. The van der Waals surface area contributed by atoms with Crippen LogP contribution < -0.4 is 4.74 Å². The van der Waals surface area contributed by atoms with E-state index in [4.69, 9.17) is 9.47 Å². The molecule has 2 rings (SSSR count). The van der Waals surface area contributed by atoms with Crippen LogP contribution in [0.4, 0.5) is 0 Å². The molecular weight excluding hydrogens is 288 g/mol. The van der Waals surface area contributed by atoms with E-state index in [2.05, 4.69) is 18.7 Å². The van der Waals surface area contributed by atoms with Crippen LogP contribution in [0.2, 0.25) is 0 Å². The summed E-state index contributed by atoms with van der Waals surface area (Å²) >= 11 is 0. The summed E-state index contributed by atoms with van der Waals surface area (Å²) in [5.74, 6) is 0.572. The van der Waals surface area contributed by atoms with Gasteiger partial charge in [0.2, 0.25) is 0 Å². The first-order valence-electron chi connectivity index (χ1n) is 7.73. The van der Waals surface area contributed by atoms with Gasteiger partial charge in [0.1, 0.15) is 12.4 Å². The standard InChI is InChI=1S/C20H22O3/c1-3-15-23-19-13-9-17(10-14-19)6-4-5-16-7-11-18(12-8-16)20(21)22-2/h3,7-14H,1,4-6,15H2,2H3. The van der Waals surface area contributed by atoms with Crippen molar-refractivity contribution in [1.82, 2.24) is 0 Å². The molecule has 0 bridgehead atoms. The van der Waals surface area contributed by atoms with Gasteiger partial charge in [-0.15, -0.1) is 0 Å². The fourth-order valence-electron chi connectivity index (χ4n) is 2.33. The lowest BCUT2D eigenvalue weighted by Crippen LogP contribution is -2.01. The molecular formula is C20H22O3. The molecule has 0 fully saturated rings. The van der Waals surface area contributed by atoms with E-state index in [1.54, 1.807) is 6.08 Å². The molecule has 2 aromatic rings. The van der Waals surface area contributed by atoms with Crippen molar-refractivity contribution < 1.29 is 14.3 Å². The predicted octanol–water partition coefficient (Wildman–Crippen LogP) is 4.21. The molecule has 0 aliphatic rings. The summed E-state index contributed by atoms with van der Waals surface area (Å²) in [4.78, 5) is 11.4. The van der Waals surface area contributed by atoms with Crippen molar-refractivity contribution in [2.24, 2.45) is 0 Å². The van der Waals surface area contributed by atoms with Crippen LogP contribution in [0.15, 0.2) is 61.2 Å². The van der Waals surface area contributed by atoms with Gasteiger partial charge in [-0.1, -0.05) is 36.9 Å². The van der Waals surface area contributed by atoms with Crippen molar-refractivity contribution in [1.29, 1.82) is 0 Å². The fraction of sp³-hybridized carbons (Fsp3) is 0.250. The van der Waals surface area contributed by atoms with E-state index in [0.717, 1.165) is 25.0 Å². The highest BCUT2D eigenvalue weighted by Gasteiger charge is 2.04. The quantitative estimate of drug-likeness (QED) is 0.541. The minimum Gasteiger partial charge on any atom is -0.490 e. The number of aryl methyl sites for hydroxylation is 2. The van der Waals surface area contributed by atoms with Crippen molar-refractivity contribution >= 4 is 5.97 Å². The lowest BCUT2D eigenvalue weighted by molar-refractivity contribution is 0.0600. The van der Waals surface area contributed by atoms with Gasteiger partial charge in [-0.2, -0.15) is 0 Å². The van der Waals surface area contributed by atoms with Crippen LogP contribution in [0.3, 0.4) is 0 Å². The predicted molar refractivity (Wildman–Crippen MR) is 91.9 cm³/mol. The molecule has 0 spiro atoms. The van der Waals surface area contributed by atoms with E-state index in [9.17, 15) is 4.79 Å². The summed E-state index contributed by atoms with van der Waals surface area (Å²) in [5, 5.41) is 0. The van der Waals surface area contributed by atoms with E-state index in [0.29, 0.717) is 12.2 Å². The van der Waals surface area contributed by atoms with Crippen LogP contribution in [0.25, 0.3) is 0 Å². The Morgan fingerprint density at radius 2 is 1.57 bits per heavy atom. The number of carbonyl (C=O) groups excluding carboxylic acids is 1. The maximum atomic E-state index is 11.4. The molecule has 0 saturated heterocycles. The number of methoxy groups -OCH3 is 1. The van der Waals surface area contributed by atoms with Crippen LogP contribution in [0.5, 0.6) is 5.75 Å². The second-order valence-electron chi connectivity index (χ2n) is 5.29. The Morgan fingerprint density at radius 3 is 2.09 bits per heavy atom. The van der Waals surface area contributed by atoms with Gasteiger partial charge in [0.05, 0.1) is 12.7 Å². The second kappa shape index (κ2) is 8.79. The summed E-state index contributed by atoms with van der Waals surface area (Å²) in [6.45, 7) is 4.16. The first-order chi connectivity index (χ1) is 11.2. The van der Waals surface area contributed by atoms with Gasteiger partial charge < -0.3 is 9.47 Å². The maximum Gasteiger partial charge on any atom is 0.337 e. The second-order valence-corrected chi connectivity index (χ2v) is 5.29. The van der Waals surface area contributed by atoms with E-state index in [-0.39, 0.29) is 5.97 Å². The molecule has 0 atom stereocenters. The van der Waals surface area contributed by atoms with Crippen LogP contribution in [-0.2, 0) is 17.6 Å². The maximum absolute atomic E-state index is 11.4. The summed E-state index contributed by atoms with van der Waals surface area (Å²) in [7, 11) is 1.39. The van der Waals surface area contributed by atoms with Crippen molar-refractivity contribution in [3.8, 4) is 5.75 Å². The number of carbonyl (C=O) groups is 1. The number of rotatable bonds is 8. The van der Waals surface area contributed by atoms with Gasteiger partial charge in [0, 0.05) is 0 Å². The Balaban J connectivity index is 1.80. The Labute approximate surface area is 137 Å². The third-order valence-electron chi connectivity index (χ3n) is 3.60. The van der Waals surface area contributed by atoms with E-state index >= 15 is 0 Å². The van der Waals surface area contributed by atoms with Crippen molar-refractivity contribution in [3.63, 3.8) is 0 Å². The lowest BCUT2D eigenvalue weighted by Gasteiger charge is -2.06.